The number of halogens is 1. The highest BCUT2D eigenvalue weighted by Gasteiger charge is 2.14. The van der Waals surface area contributed by atoms with Crippen molar-refractivity contribution in [3.63, 3.8) is 0 Å². The van der Waals surface area contributed by atoms with E-state index < -0.39 is 0 Å². The van der Waals surface area contributed by atoms with Gasteiger partial charge < -0.3 is 15.0 Å². The average Bonchev–Trinajstić information content (AvgIpc) is 2.63. The van der Waals surface area contributed by atoms with Gasteiger partial charge in [-0.25, -0.2) is 0 Å². The van der Waals surface area contributed by atoms with Gasteiger partial charge in [0.2, 0.25) is 11.8 Å². The predicted octanol–water partition coefficient (Wildman–Crippen LogP) is 3.06. The maximum absolute atomic E-state index is 12.2. The van der Waals surface area contributed by atoms with Gasteiger partial charge in [0.25, 0.3) is 0 Å². The first-order valence-corrected chi connectivity index (χ1v) is 8.75. The molecule has 2 amide bonds. The fourth-order valence-electron chi connectivity index (χ4n) is 2.49. The van der Waals surface area contributed by atoms with Crippen LogP contribution in [0.2, 0.25) is 5.02 Å². The lowest BCUT2D eigenvalue weighted by Crippen LogP contribution is -2.39. The molecule has 0 radical (unpaired) electrons. The summed E-state index contributed by atoms with van der Waals surface area (Å²) in [4.78, 5) is 25.5. The van der Waals surface area contributed by atoms with E-state index in [4.69, 9.17) is 16.3 Å². The third-order valence-electron chi connectivity index (χ3n) is 3.94. The van der Waals surface area contributed by atoms with Gasteiger partial charge in [0.05, 0.1) is 13.7 Å². The van der Waals surface area contributed by atoms with Crippen molar-refractivity contribution in [3.8, 4) is 5.75 Å². The molecule has 2 aromatic carbocycles. The molecule has 0 spiro atoms. The molecular formula is C20H23ClN2O3. The maximum Gasteiger partial charge on any atom is 0.239 e. The second-order valence-corrected chi connectivity index (χ2v) is 6.39. The lowest BCUT2D eigenvalue weighted by molar-refractivity contribution is -0.134. The minimum Gasteiger partial charge on any atom is -0.497 e. The minimum absolute atomic E-state index is 0.0239. The molecule has 5 nitrogen and oxygen atoms in total. The van der Waals surface area contributed by atoms with Crippen LogP contribution in [0.1, 0.15) is 18.1 Å². The summed E-state index contributed by atoms with van der Waals surface area (Å²) < 4.78 is 5.19. The summed E-state index contributed by atoms with van der Waals surface area (Å²) in [7, 11) is 1.62. The summed E-state index contributed by atoms with van der Waals surface area (Å²) in [5, 5.41) is 3.49. The van der Waals surface area contributed by atoms with Crippen LogP contribution in [0.3, 0.4) is 0 Å². The SMILES string of the molecule is COc1cccc(CCNC(=O)CN(Cc2ccc(Cl)cc2)C(C)=O)c1. The molecule has 26 heavy (non-hydrogen) atoms. The number of amides is 2. The third kappa shape index (κ3) is 6.41. The van der Waals surface area contributed by atoms with E-state index in [0.717, 1.165) is 16.9 Å². The number of benzene rings is 2. The van der Waals surface area contributed by atoms with Crippen LogP contribution in [-0.2, 0) is 22.6 Å². The Morgan fingerprint density at radius 3 is 2.50 bits per heavy atom. The van der Waals surface area contributed by atoms with Gasteiger partial charge in [-0.1, -0.05) is 35.9 Å². The number of carbonyl (C=O) groups is 2. The van der Waals surface area contributed by atoms with Crippen molar-refractivity contribution in [1.82, 2.24) is 10.2 Å². The fourth-order valence-corrected chi connectivity index (χ4v) is 2.62. The monoisotopic (exact) mass is 374 g/mol. The van der Waals surface area contributed by atoms with Gasteiger partial charge in [-0.05, 0) is 41.8 Å². The van der Waals surface area contributed by atoms with Crippen LogP contribution in [-0.4, -0.2) is 36.9 Å². The molecule has 0 aliphatic heterocycles. The molecular weight excluding hydrogens is 352 g/mol. The van der Waals surface area contributed by atoms with Gasteiger partial charge in [-0.3, -0.25) is 9.59 Å². The van der Waals surface area contributed by atoms with E-state index in [-0.39, 0.29) is 18.4 Å². The molecule has 6 heteroatoms. The van der Waals surface area contributed by atoms with Gasteiger partial charge in [0, 0.05) is 25.0 Å². The number of ether oxygens (including phenoxy) is 1. The lowest BCUT2D eigenvalue weighted by Gasteiger charge is -2.20. The first-order chi connectivity index (χ1) is 12.5. The summed E-state index contributed by atoms with van der Waals surface area (Å²) in [6.07, 6.45) is 0.695. The number of methoxy groups -OCH3 is 1. The Morgan fingerprint density at radius 2 is 1.85 bits per heavy atom. The number of carbonyl (C=O) groups excluding carboxylic acids is 2. The minimum atomic E-state index is -0.183. The van der Waals surface area contributed by atoms with Crippen molar-refractivity contribution >= 4 is 23.4 Å². The molecule has 2 rings (SSSR count). The van der Waals surface area contributed by atoms with Gasteiger partial charge >= 0.3 is 0 Å². The van der Waals surface area contributed by atoms with Gasteiger partial charge in [0.15, 0.2) is 0 Å². The van der Waals surface area contributed by atoms with Crippen LogP contribution in [0, 0.1) is 0 Å². The van der Waals surface area contributed by atoms with Crippen LogP contribution in [0.25, 0.3) is 0 Å². The molecule has 0 unspecified atom stereocenters. The first-order valence-electron chi connectivity index (χ1n) is 8.37. The molecule has 0 aliphatic rings. The topological polar surface area (TPSA) is 58.6 Å². The number of hydrogen-bond acceptors (Lipinski definition) is 3. The summed E-state index contributed by atoms with van der Waals surface area (Å²) in [6, 6.07) is 14.9. The predicted molar refractivity (Wildman–Crippen MR) is 102 cm³/mol. The van der Waals surface area contributed by atoms with Crippen molar-refractivity contribution in [2.75, 3.05) is 20.2 Å². The van der Waals surface area contributed by atoms with E-state index in [1.807, 2.05) is 36.4 Å². The van der Waals surface area contributed by atoms with Crippen molar-refractivity contribution in [3.05, 3.63) is 64.7 Å². The Balaban J connectivity index is 1.83. The van der Waals surface area contributed by atoms with Crippen LogP contribution in [0.4, 0.5) is 0 Å². The average molecular weight is 375 g/mol. The van der Waals surface area contributed by atoms with Crippen LogP contribution < -0.4 is 10.1 Å². The van der Waals surface area contributed by atoms with Gasteiger partial charge in [0.1, 0.15) is 5.75 Å². The lowest BCUT2D eigenvalue weighted by atomic mass is 10.1. The van der Waals surface area contributed by atoms with Crippen molar-refractivity contribution in [2.45, 2.75) is 19.9 Å². The van der Waals surface area contributed by atoms with E-state index in [9.17, 15) is 9.59 Å². The van der Waals surface area contributed by atoms with E-state index in [2.05, 4.69) is 5.32 Å². The Hall–Kier alpha value is -2.53. The molecule has 1 N–H and O–H groups in total. The fraction of sp³-hybridized carbons (Fsp3) is 0.300. The summed E-state index contributed by atoms with van der Waals surface area (Å²) in [5.41, 5.74) is 2.00. The first kappa shape index (κ1) is 19.8. The maximum atomic E-state index is 12.2. The zero-order valence-electron chi connectivity index (χ0n) is 15.0. The Morgan fingerprint density at radius 1 is 1.12 bits per heavy atom. The zero-order valence-corrected chi connectivity index (χ0v) is 15.8. The number of nitrogens with one attached hydrogen (secondary N) is 1. The van der Waals surface area contributed by atoms with Crippen LogP contribution in [0.5, 0.6) is 5.75 Å². The molecule has 138 valence electrons. The van der Waals surface area contributed by atoms with E-state index >= 15 is 0 Å². The van der Waals surface area contributed by atoms with Crippen molar-refractivity contribution < 1.29 is 14.3 Å². The molecule has 0 fully saturated rings. The molecule has 0 aromatic heterocycles. The van der Waals surface area contributed by atoms with Crippen molar-refractivity contribution in [1.29, 1.82) is 0 Å². The summed E-state index contributed by atoms with van der Waals surface area (Å²) in [6.45, 7) is 2.35. The quantitative estimate of drug-likeness (QED) is 0.772. The number of nitrogens with zero attached hydrogens (tertiary/aromatic N) is 1. The second kappa shape index (κ2) is 9.82. The number of rotatable bonds is 8. The standard InChI is InChI=1S/C20H23ClN2O3/c1-15(24)23(13-17-6-8-18(21)9-7-17)14-20(25)22-11-10-16-4-3-5-19(12-16)26-2/h3-9,12H,10-11,13-14H2,1-2H3,(H,22,25). The van der Waals surface area contributed by atoms with Crippen molar-refractivity contribution in [2.24, 2.45) is 0 Å². The molecule has 0 atom stereocenters. The highest BCUT2D eigenvalue weighted by atomic mass is 35.5. The Labute approximate surface area is 158 Å². The molecule has 0 saturated carbocycles. The third-order valence-corrected chi connectivity index (χ3v) is 4.19. The van der Waals surface area contributed by atoms with Crippen LogP contribution >= 0.6 is 11.6 Å². The normalized spacial score (nSPS) is 10.3. The Bertz CT molecular complexity index is 747. The number of hydrogen-bond donors (Lipinski definition) is 1. The van der Waals surface area contributed by atoms with E-state index in [1.54, 1.807) is 19.2 Å². The highest BCUT2D eigenvalue weighted by molar-refractivity contribution is 6.30. The smallest absolute Gasteiger partial charge is 0.239 e. The summed E-state index contributed by atoms with van der Waals surface area (Å²) in [5.74, 6) is 0.458. The highest BCUT2D eigenvalue weighted by Crippen LogP contribution is 2.13. The summed E-state index contributed by atoms with van der Waals surface area (Å²) >= 11 is 5.87. The molecule has 0 aliphatic carbocycles. The Kier molecular flexibility index (Phi) is 7.48. The second-order valence-electron chi connectivity index (χ2n) is 5.95. The molecule has 0 heterocycles. The largest absolute Gasteiger partial charge is 0.497 e. The van der Waals surface area contributed by atoms with Gasteiger partial charge in [-0.15, -0.1) is 0 Å². The molecule has 0 saturated heterocycles. The van der Waals surface area contributed by atoms with E-state index in [1.165, 1.54) is 11.8 Å². The zero-order chi connectivity index (χ0) is 18.9. The van der Waals surface area contributed by atoms with E-state index in [0.29, 0.717) is 24.5 Å². The van der Waals surface area contributed by atoms with Gasteiger partial charge in [-0.2, -0.15) is 0 Å². The molecule has 2 aromatic rings. The molecule has 0 bridgehead atoms. The van der Waals surface area contributed by atoms with Crippen LogP contribution in [0.15, 0.2) is 48.5 Å².